The van der Waals surface area contributed by atoms with Gasteiger partial charge in [0.15, 0.2) is 0 Å². The van der Waals surface area contributed by atoms with Gasteiger partial charge in [-0.05, 0) is 49.9 Å². The summed E-state index contributed by atoms with van der Waals surface area (Å²) in [5.41, 5.74) is 6.97. The molecule has 2 nitrogen and oxygen atoms in total. The third-order valence-electron chi connectivity index (χ3n) is 5.87. The SMILES string of the molecule is CCC1(CC)C(N)CC1OC1CC(C)CC(C)(C)C1. The lowest BCUT2D eigenvalue weighted by atomic mass is 9.59. The smallest absolute Gasteiger partial charge is 0.0664 e. The van der Waals surface area contributed by atoms with Crippen LogP contribution in [-0.4, -0.2) is 18.2 Å². The Morgan fingerprint density at radius 3 is 2.21 bits per heavy atom. The van der Waals surface area contributed by atoms with E-state index in [0.29, 0.717) is 23.7 Å². The summed E-state index contributed by atoms with van der Waals surface area (Å²) in [4.78, 5) is 0. The van der Waals surface area contributed by atoms with Gasteiger partial charge in [-0.3, -0.25) is 0 Å². The Labute approximate surface area is 119 Å². The molecule has 0 radical (unpaired) electrons. The summed E-state index contributed by atoms with van der Waals surface area (Å²) in [6.07, 6.45) is 8.02. The molecule has 2 aliphatic rings. The van der Waals surface area contributed by atoms with Crippen LogP contribution < -0.4 is 5.73 Å². The summed E-state index contributed by atoms with van der Waals surface area (Å²) in [6.45, 7) is 11.7. The van der Waals surface area contributed by atoms with Gasteiger partial charge >= 0.3 is 0 Å². The molecule has 4 unspecified atom stereocenters. The lowest BCUT2D eigenvalue weighted by Crippen LogP contribution is -2.62. The molecule has 2 saturated carbocycles. The molecular formula is C17H33NO. The normalized spacial score (nSPS) is 40.7. The van der Waals surface area contributed by atoms with Crippen molar-refractivity contribution in [3.05, 3.63) is 0 Å². The largest absolute Gasteiger partial charge is 0.374 e. The van der Waals surface area contributed by atoms with Crippen LogP contribution in [0.25, 0.3) is 0 Å². The van der Waals surface area contributed by atoms with Gasteiger partial charge in [0, 0.05) is 11.5 Å². The molecule has 2 N–H and O–H groups in total. The second kappa shape index (κ2) is 5.37. The van der Waals surface area contributed by atoms with Crippen molar-refractivity contribution in [1.82, 2.24) is 0 Å². The van der Waals surface area contributed by atoms with Crippen molar-refractivity contribution in [2.75, 3.05) is 0 Å². The van der Waals surface area contributed by atoms with E-state index in [1.165, 1.54) is 19.3 Å². The van der Waals surface area contributed by atoms with Gasteiger partial charge in [0.05, 0.1) is 12.2 Å². The molecule has 112 valence electrons. The number of rotatable bonds is 4. The zero-order valence-electron chi connectivity index (χ0n) is 13.5. The number of nitrogens with two attached hydrogens (primary N) is 1. The Bertz CT molecular complexity index is 308. The third kappa shape index (κ3) is 2.85. The van der Waals surface area contributed by atoms with Gasteiger partial charge in [0.1, 0.15) is 0 Å². The lowest BCUT2D eigenvalue weighted by molar-refractivity contribution is -0.175. The fraction of sp³-hybridized carbons (Fsp3) is 1.00. The predicted molar refractivity (Wildman–Crippen MR) is 81.1 cm³/mol. The van der Waals surface area contributed by atoms with Crippen LogP contribution in [0.5, 0.6) is 0 Å². The van der Waals surface area contributed by atoms with E-state index in [1.807, 2.05) is 0 Å². The second-order valence-corrected chi connectivity index (χ2v) is 7.94. The van der Waals surface area contributed by atoms with Crippen LogP contribution in [0.2, 0.25) is 0 Å². The molecule has 2 fully saturated rings. The van der Waals surface area contributed by atoms with Gasteiger partial charge in [0.2, 0.25) is 0 Å². The van der Waals surface area contributed by atoms with Gasteiger partial charge < -0.3 is 10.5 Å². The van der Waals surface area contributed by atoms with Crippen molar-refractivity contribution in [1.29, 1.82) is 0 Å². The first-order valence-corrected chi connectivity index (χ1v) is 8.24. The number of ether oxygens (including phenoxy) is 1. The predicted octanol–water partition coefficient (Wildman–Crippen LogP) is 4.12. The minimum atomic E-state index is 0.255. The minimum absolute atomic E-state index is 0.255. The van der Waals surface area contributed by atoms with Crippen LogP contribution >= 0.6 is 0 Å². The molecule has 19 heavy (non-hydrogen) atoms. The highest BCUT2D eigenvalue weighted by molar-refractivity contribution is 5.05. The molecule has 0 spiro atoms. The molecule has 0 saturated heterocycles. The summed E-state index contributed by atoms with van der Waals surface area (Å²) in [7, 11) is 0. The molecular weight excluding hydrogens is 234 g/mol. The van der Waals surface area contributed by atoms with Crippen LogP contribution in [0, 0.1) is 16.7 Å². The van der Waals surface area contributed by atoms with Gasteiger partial charge in [-0.1, -0.05) is 34.6 Å². The highest BCUT2D eigenvalue weighted by Crippen LogP contribution is 2.50. The van der Waals surface area contributed by atoms with E-state index in [9.17, 15) is 0 Å². The fourth-order valence-corrected chi connectivity index (χ4v) is 4.79. The van der Waals surface area contributed by atoms with Gasteiger partial charge in [-0.2, -0.15) is 0 Å². The van der Waals surface area contributed by atoms with Crippen LogP contribution in [0.3, 0.4) is 0 Å². The summed E-state index contributed by atoms with van der Waals surface area (Å²) in [5.74, 6) is 0.792. The quantitative estimate of drug-likeness (QED) is 0.831. The Kier molecular flexibility index (Phi) is 4.32. The molecule has 0 aromatic rings. The molecule has 0 heterocycles. The van der Waals surface area contributed by atoms with E-state index in [-0.39, 0.29) is 5.41 Å². The average molecular weight is 267 g/mol. The minimum Gasteiger partial charge on any atom is -0.374 e. The Morgan fingerprint density at radius 2 is 1.74 bits per heavy atom. The summed E-state index contributed by atoms with van der Waals surface area (Å²) in [5, 5.41) is 0. The molecule has 0 aromatic heterocycles. The van der Waals surface area contributed by atoms with Gasteiger partial charge in [0.25, 0.3) is 0 Å². The molecule has 4 atom stereocenters. The number of hydrogen-bond donors (Lipinski definition) is 1. The first-order valence-electron chi connectivity index (χ1n) is 8.24. The first kappa shape index (κ1) is 15.3. The Morgan fingerprint density at radius 1 is 1.11 bits per heavy atom. The zero-order valence-corrected chi connectivity index (χ0v) is 13.5. The van der Waals surface area contributed by atoms with Crippen LogP contribution in [-0.2, 0) is 4.74 Å². The molecule has 0 bridgehead atoms. The molecule has 2 heteroatoms. The van der Waals surface area contributed by atoms with Crippen LogP contribution in [0.4, 0.5) is 0 Å². The zero-order chi connectivity index (χ0) is 14.3. The lowest BCUT2D eigenvalue weighted by Gasteiger charge is -2.55. The monoisotopic (exact) mass is 267 g/mol. The maximum atomic E-state index is 6.52. The van der Waals surface area contributed by atoms with Crippen molar-refractivity contribution in [2.24, 2.45) is 22.5 Å². The van der Waals surface area contributed by atoms with Crippen LogP contribution in [0.15, 0.2) is 0 Å². The van der Waals surface area contributed by atoms with E-state index in [0.717, 1.165) is 25.2 Å². The maximum absolute atomic E-state index is 6.52. The van der Waals surface area contributed by atoms with Gasteiger partial charge in [-0.15, -0.1) is 0 Å². The molecule has 2 aliphatic carbocycles. The topological polar surface area (TPSA) is 35.2 Å². The van der Waals surface area contributed by atoms with Crippen LogP contribution in [0.1, 0.15) is 73.1 Å². The highest BCUT2D eigenvalue weighted by Gasteiger charge is 2.52. The second-order valence-electron chi connectivity index (χ2n) is 7.94. The fourth-order valence-electron chi connectivity index (χ4n) is 4.79. The average Bonchev–Trinajstić information content (AvgIpc) is 2.27. The molecule has 0 amide bonds. The summed E-state index contributed by atoms with van der Waals surface area (Å²) in [6, 6.07) is 0.349. The van der Waals surface area contributed by atoms with Crippen molar-refractivity contribution >= 4 is 0 Å². The van der Waals surface area contributed by atoms with E-state index < -0.39 is 0 Å². The Balaban J connectivity index is 1.98. The number of hydrogen-bond acceptors (Lipinski definition) is 2. The van der Waals surface area contributed by atoms with Gasteiger partial charge in [-0.25, -0.2) is 0 Å². The maximum Gasteiger partial charge on any atom is 0.0664 e. The van der Waals surface area contributed by atoms with Crippen molar-refractivity contribution in [3.63, 3.8) is 0 Å². The van der Waals surface area contributed by atoms with E-state index in [4.69, 9.17) is 10.5 Å². The molecule has 2 rings (SSSR count). The van der Waals surface area contributed by atoms with Crippen molar-refractivity contribution in [2.45, 2.75) is 91.4 Å². The summed E-state index contributed by atoms with van der Waals surface area (Å²) >= 11 is 0. The van der Waals surface area contributed by atoms with E-state index in [1.54, 1.807) is 0 Å². The van der Waals surface area contributed by atoms with E-state index >= 15 is 0 Å². The molecule has 0 aliphatic heterocycles. The third-order valence-corrected chi connectivity index (χ3v) is 5.87. The van der Waals surface area contributed by atoms with Crippen molar-refractivity contribution < 1.29 is 4.74 Å². The standard InChI is InChI=1S/C17H33NO/c1-6-17(7-2)14(18)9-15(17)19-13-8-12(3)10-16(4,5)11-13/h12-15H,6-11,18H2,1-5H3. The first-order chi connectivity index (χ1) is 8.83. The van der Waals surface area contributed by atoms with E-state index in [2.05, 4.69) is 34.6 Å². The van der Waals surface area contributed by atoms with Crippen molar-refractivity contribution in [3.8, 4) is 0 Å². The highest BCUT2D eigenvalue weighted by atomic mass is 16.5. The molecule has 0 aromatic carbocycles. The summed E-state index contributed by atoms with van der Waals surface area (Å²) < 4.78 is 6.52. The Hall–Kier alpha value is -0.0800.